The van der Waals surface area contributed by atoms with Crippen molar-refractivity contribution in [3.8, 4) is 11.3 Å². The molecular weight excluding hydrogens is 440 g/mol. The Hall–Kier alpha value is -2.65. The zero-order valence-electron chi connectivity index (χ0n) is 17.9. The van der Waals surface area contributed by atoms with Crippen LogP contribution in [0, 0.1) is 6.92 Å². The summed E-state index contributed by atoms with van der Waals surface area (Å²) in [5.41, 5.74) is 0.692. The van der Waals surface area contributed by atoms with Crippen molar-refractivity contribution in [1.29, 1.82) is 0 Å². The zero-order valence-corrected chi connectivity index (χ0v) is 19.5. The van der Waals surface area contributed by atoms with Gasteiger partial charge in [0.2, 0.25) is 0 Å². The number of ether oxygens (including phenoxy) is 1. The first kappa shape index (κ1) is 23.0. The maximum Gasteiger partial charge on any atom is 0.410 e. The van der Waals surface area contributed by atoms with Crippen LogP contribution in [0.2, 0.25) is 5.02 Å². The van der Waals surface area contributed by atoms with Gasteiger partial charge in [0, 0.05) is 31.7 Å². The molecule has 10 heteroatoms. The molecule has 3 rings (SSSR count). The van der Waals surface area contributed by atoms with E-state index in [4.69, 9.17) is 33.1 Å². The van der Waals surface area contributed by atoms with Gasteiger partial charge in [-0.05, 0) is 46.0 Å². The summed E-state index contributed by atoms with van der Waals surface area (Å²) < 4.78 is 10.7. The van der Waals surface area contributed by atoms with Gasteiger partial charge < -0.3 is 19.1 Å². The van der Waals surface area contributed by atoms with E-state index in [0.717, 1.165) is 0 Å². The van der Waals surface area contributed by atoms with E-state index in [-0.39, 0.29) is 16.8 Å². The topological polar surface area (TPSA) is 87.9 Å². The van der Waals surface area contributed by atoms with Gasteiger partial charge in [-0.1, -0.05) is 35.0 Å². The second kappa shape index (κ2) is 9.23. The van der Waals surface area contributed by atoms with Crippen LogP contribution in [-0.2, 0) is 4.74 Å². The molecule has 1 saturated heterocycles. The molecule has 1 aliphatic heterocycles. The molecule has 0 bridgehead atoms. The predicted octanol–water partition coefficient (Wildman–Crippen LogP) is 3.87. The van der Waals surface area contributed by atoms with Crippen molar-refractivity contribution in [2.45, 2.75) is 33.3 Å². The van der Waals surface area contributed by atoms with Crippen LogP contribution < -0.4 is 5.32 Å². The van der Waals surface area contributed by atoms with Crippen molar-refractivity contribution in [2.75, 3.05) is 26.2 Å². The Kier molecular flexibility index (Phi) is 6.86. The molecule has 2 amide bonds. The monoisotopic (exact) mass is 464 g/mol. The van der Waals surface area contributed by atoms with Gasteiger partial charge in [0.15, 0.2) is 5.11 Å². The first-order chi connectivity index (χ1) is 14.6. The molecule has 2 heterocycles. The molecule has 1 aromatic heterocycles. The molecule has 0 spiro atoms. The highest BCUT2D eigenvalue weighted by atomic mass is 35.5. The third-order valence-electron chi connectivity index (χ3n) is 4.66. The number of hydrogen-bond donors (Lipinski definition) is 1. The maximum atomic E-state index is 13.0. The van der Waals surface area contributed by atoms with Gasteiger partial charge in [-0.15, -0.1) is 0 Å². The number of hydrogen-bond acceptors (Lipinski definition) is 6. The van der Waals surface area contributed by atoms with Crippen molar-refractivity contribution >= 4 is 40.9 Å². The van der Waals surface area contributed by atoms with Crippen LogP contribution in [0.25, 0.3) is 11.3 Å². The molecule has 1 aliphatic rings. The summed E-state index contributed by atoms with van der Waals surface area (Å²) in [4.78, 5) is 28.6. The first-order valence-corrected chi connectivity index (χ1v) is 10.6. The van der Waals surface area contributed by atoms with Crippen LogP contribution in [0.3, 0.4) is 0 Å². The number of halogens is 1. The van der Waals surface area contributed by atoms with E-state index in [1.54, 1.807) is 30.0 Å². The molecular formula is C21H25ClN4O4S. The van der Waals surface area contributed by atoms with Crippen LogP contribution >= 0.6 is 23.8 Å². The van der Waals surface area contributed by atoms with Gasteiger partial charge >= 0.3 is 6.09 Å². The lowest BCUT2D eigenvalue weighted by Crippen LogP contribution is -2.54. The number of nitrogens with one attached hydrogen (secondary N) is 1. The molecule has 0 atom stereocenters. The average Bonchev–Trinajstić information content (AvgIpc) is 3.08. The van der Waals surface area contributed by atoms with Crippen LogP contribution in [-0.4, -0.2) is 63.8 Å². The number of aromatic nitrogens is 1. The highest BCUT2D eigenvalue weighted by molar-refractivity contribution is 7.80. The Morgan fingerprint density at radius 1 is 1.16 bits per heavy atom. The Labute approximate surface area is 191 Å². The number of thiocarbonyl (C=S) groups is 1. The van der Waals surface area contributed by atoms with Gasteiger partial charge in [-0.2, -0.15) is 0 Å². The molecule has 0 saturated carbocycles. The number of rotatable bonds is 2. The Balaban J connectivity index is 1.64. The Bertz CT molecular complexity index is 994. The second-order valence-electron chi connectivity index (χ2n) is 8.16. The van der Waals surface area contributed by atoms with Crippen molar-refractivity contribution < 1.29 is 18.8 Å². The quantitative estimate of drug-likeness (QED) is 0.675. The van der Waals surface area contributed by atoms with E-state index >= 15 is 0 Å². The van der Waals surface area contributed by atoms with Crippen molar-refractivity contribution in [3.05, 3.63) is 40.6 Å². The average molecular weight is 465 g/mol. The summed E-state index contributed by atoms with van der Waals surface area (Å²) in [5.74, 6) is -0.0572. The lowest BCUT2D eigenvalue weighted by atomic mass is 10.1. The third-order valence-corrected chi connectivity index (χ3v) is 5.35. The minimum Gasteiger partial charge on any atom is -0.444 e. The third kappa shape index (κ3) is 5.54. The molecule has 1 N–H and O–H groups in total. The SMILES string of the molecule is Cc1onc(-c2ccccc2Cl)c1C(=O)NC(=S)N1CCN(C(=O)OC(C)(C)C)CC1. The maximum absolute atomic E-state index is 13.0. The van der Waals surface area contributed by atoms with E-state index < -0.39 is 11.5 Å². The van der Waals surface area contributed by atoms with Crippen molar-refractivity contribution in [1.82, 2.24) is 20.3 Å². The molecule has 0 unspecified atom stereocenters. The summed E-state index contributed by atoms with van der Waals surface area (Å²) in [6.07, 6.45) is -0.355. The molecule has 2 aromatic rings. The number of piperazine rings is 1. The highest BCUT2D eigenvalue weighted by Crippen LogP contribution is 2.31. The highest BCUT2D eigenvalue weighted by Gasteiger charge is 2.29. The predicted molar refractivity (Wildman–Crippen MR) is 121 cm³/mol. The minimum absolute atomic E-state index is 0.277. The molecule has 31 heavy (non-hydrogen) atoms. The van der Waals surface area contributed by atoms with Crippen molar-refractivity contribution in [3.63, 3.8) is 0 Å². The molecule has 1 aromatic carbocycles. The minimum atomic E-state index is -0.548. The number of aryl methyl sites for hydroxylation is 1. The summed E-state index contributed by atoms with van der Waals surface area (Å²) in [5, 5.41) is 7.50. The fraction of sp³-hybridized carbons (Fsp3) is 0.429. The van der Waals surface area contributed by atoms with E-state index in [1.807, 2.05) is 31.7 Å². The van der Waals surface area contributed by atoms with E-state index in [2.05, 4.69) is 10.5 Å². The summed E-state index contributed by atoms with van der Waals surface area (Å²) >= 11 is 11.7. The zero-order chi connectivity index (χ0) is 22.8. The lowest BCUT2D eigenvalue weighted by Gasteiger charge is -2.36. The van der Waals surface area contributed by atoms with Crippen molar-refractivity contribution in [2.24, 2.45) is 0 Å². The van der Waals surface area contributed by atoms with Crippen LogP contribution in [0.1, 0.15) is 36.9 Å². The van der Waals surface area contributed by atoms with Gasteiger partial charge in [0.1, 0.15) is 22.6 Å². The number of nitrogens with zero attached hydrogens (tertiary/aromatic N) is 3. The Morgan fingerprint density at radius 2 is 1.77 bits per heavy atom. The fourth-order valence-corrected chi connectivity index (χ4v) is 3.63. The lowest BCUT2D eigenvalue weighted by molar-refractivity contribution is 0.0186. The summed E-state index contributed by atoms with van der Waals surface area (Å²) in [6.45, 7) is 9.01. The normalized spacial score (nSPS) is 14.4. The largest absolute Gasteiger partial charge is 0.444 e. The van der Waals surface area contributed by atoms with E-state index in [1.165, 1.54) is 0 Å². The number of benzene rings is 1. The Morgan fingerprint density at radius 3 is 2.39 bits per heavy atom. The van der Waals surface area contributed by atoms with Gasteiger partial charge in [0.05, 0.1) is 5.02 Å². The number of carbonyl (C=O) groups is 2. The van der Waals surface area contributed by atoms with Gasteiger partial charge in [-0.25, -0.2) is 4.79 Å². The summed E-state index contributed by atoms with van der Waals surface area (Å²) in [6, 6.07) is 7.09. The van der Waals surface area contributed by atoms with Crippen LogP contribution in [0.4, 0.5) is 4.79 Å². The first-order valence-electron chi connectivity index (χ1n) is 9.86. The van der Waals surface area contributed by atoms with Crippen LogP contribution in [0.5, 0.6) is 0 Å². The molecule has 0 aliphatic carbocycles. The van der Waals surface area contributed by atoms with E-state index in [9.17, 15) is 9.59 Å². The molecule has 8 nitrogen and oxygen atoms in total. The molecule has 0 radical (unpaired) electrons. The van der Waals surface area contributed by atoms with Crippen LogP contribution in [0.15, 0.2) is 28.8 Å². The number of amides is 2. The standard InChI is InChI=1S/C21H25ClN4O4S/c1-13-16(17(24-30-13)14-7-5-6-8-15(14)22)18(27)23-19(31)25-9-11-26(12-10-25)20(28)29-21(2,3)4/h5-8H,9-12H2,1-4H3,(H,23,27,31). The van der Waals surface area contributed by atoms with Gasteiger partial charge in [-0.3, -0.25) is 10.1 Å². The molecule has 166 valence electrons. The number of carbonyl (C=O) groups excluding carboxylic acids is 2. The smallest absolute Gasteiger partial charge is 0.410 e. The van der Waals surface area contributed by atoms with E-state index in [0.29, 0.717) is 48.2 Å². The summed E-state index contributed by atoms with van der Waals surface area (Å²) in [7, 11) is 0. The van der Waals surface area contributed by atoms with Gasteiger partial charge in [0.25, 0.3) is 5.91 Å². The second-order valence-corrected chi connectivity index (χ2v) is 8.95. The molecule has 1 fully saturated rings. The fourth-order valence-electron chi connectivity index (χ4n) is 3.13.